The van der Waals surface area contributed by atoms with Crippen molar-refractivity contribution in [1.29, 1.82) is 0 Å². The lowest BCUT2D eigenvalue weighted by Crippen LogP contribution is -2.26. The average Bonchev–Trinajstić information content (AvgIpc) is 3.14. The molecule has 1 aliphatic carbocycles. The largest absolute Gasteiger partial charge is 0.508 e. The van der Waals surface area contributed by atoms with E-state index < -0.39 is 0 Å². The predicted octanol–water partition coefficient (Wildman–Crippen LogP) is 3.86. The molecule has 132 valence electrons. The minimum absolute atomic E-state index is 0.145. The van der Waals surface area contributed by atoms with Crippen LogP contribution in [0.2, 0.25) is 0 Å². The molecule has 1 N–H and O–H groups in total. The Kier molecular flexibility index (Phi) is 4.62. The lowest BCUT2D eigenvalue weighted by molar-refractivity contribution is 0.179. The first-order chi connectivity index (χ1) is 12.2. The molecule has 2 atom stereocenters. The van der Waals surface area contributed by atoms with Crippen molar-refractivity contribution in [2.45, 2.75) is 25.4 Å². The van der Waals surface area contributed by atoms with Gasteiger partial charge >= 0.3 is 0 Å². The first-order valence-corrected chi connectivity index (χ1v) is 9.09. The van der Waals surface area contributed by atoms with Crippen molar-refractivity contribution in [3.63, 3.8) is 0 Å². The van der Waals surface area contributed by atoms with Crippen molar-refractivity contribution in [3.8, 4) is 11.5 Å². The van der Waals surface area contributed by atoms with Crippen molar-refractivity contribution in [3.05, 3.63) is 59.9 Å². The molecule has 4 heteroatoms. The molecule has 2 aliphatic rings. The number of rotatable bonds is 5. The van der Waals surface area contributed by atoms with Crippen molar-refractivity contribution in [1.82, 2.24) is 4.90 Å². The Balaban J connectivity index is 1.26. The van der Waals surface area contributed by atoms with Crippen LogP contribution in [0.3, 0.4) is 0 Å². The van der Waals surface area contributed by atoms with Crippen LogP contribution >= 0.6 is 0 Å². The Morgan fingerprint density at radius 3 is 2.36 bits per heavy atom. The van der Waals surface area contributed by atoms with Crippen molar-refractivity contribution in [2.24, 2.45) is 11.8 Å². The number of ether oxygens (including phenoxy) is 1. The molecular weight excluding hydrogens is 317 g/mol. The normalized spacial score (nSPS) is 25.9. The highest BCUT2D eigenvalue weighted by atomic mass is 19.1. The summed E-state index contributed by atoms with van der Waals surface area (Å²) in [6, 6.07) is 14.2. The molecule has 2 aromatic carbocycles. The summed E-state index contributed by atoms with van der Waals surface area (Å²) in [5.41, 5.74) is 1.26. The molecule has 2 fully saturated rings. The van der Waals surface area contributed by atoms with Gasteiger partial charge in [0.25, 0.3) is 0 Å². The van der Waals surface area contributed by atoms with Crippen LogP contribution in [0.1, 0.15) is 18.4 Å². The molecule has 2 aromatic rings. The van der Waals surface area contributed by atoms with Gasteiger partial charge in [-0.25, -0.2) is 4.39 Å². The van der Waals surface area contributed by atoms with E-state index in [1.54, 1.807) is 24.3 Å². The van der Waals surface area contributed by atoms with E-state index in [0.29, 0.717) is 23.3 Å². The molecule has 1 saturated heterocycles. The second kappa shape index (κ2) is 7.04. The number of halogens is 1. The number of hydrogen-bond donors (Lipinski definition) is 1. The van der Waals surface area contributed by atoms with Crippen LogP contribution in [-0.4, -0.2) is 35.7 Å². The fourth-order valence-electron chi connectivity index (χ4n) is 4.29. The van der Waals surface area contributed by atoms with Gasteiger partial charge in [0.05, 0.1) is 6.10 Å². The third-order valence-corrected chi connectivity index (χ3v) is 5.57. The van der Waals surface area contributed by atoms with E-state index in [2.05, 4.69) is 4.90 Å². The molecule has 0 radical (unpaired) electrons. The van der Waals surface area contributed by atoms with E-state index >= 15 is 0 Å². The predicted molar refractivity (Wildman–Crippen MR) is 95.3 cm³/mol. The fraction of sp³-hybridized carbons (Fsp3) is 0.429. The third kappa shape index (κ3) is 3.79. The quantitative estimate of drug-likeness (QED) is 0.896. The molecule has 2 unspecified atom stereocenters. The minimum atomic E-state index is -0.268. The Morgan fingerprint density at radius 1 is 1.00 bits per heavy atom. The van der Waals surface area contributed by atoms with E-state index in [-0.39, 0.29) is 11.9 Å². The van der Waals surface area contributed by atoms with Crippen LogP contribution in [0.15, 0.2) is 48.5 Å². The van der Waals surface area contributed by atoms with Gasteiger partial charge in [-0.15, -0.1) is 0 Å². The van der Waals surface area contributed by atoms with Crippen molar-refractivity contribution >= 4 is 0 Å². The highest BCUT2D eigenvalue weighted by molar-refractivity contribution is 5.26. The van der Waals surface area contributed by atoms with E-state index in [1.165, 1.54) is 11.6 Å². The molecule has 25 heavy (non-hydrogen) atoms. The van der Waals surface area contributed by atoms with E-state index in [9.17, 15) is 9.50 Å². The molecule has 0 amide bonds. The highest BCUT2D eigenvalue weighted by Gasteiger charge is 2.41. The molecule has 0 aromatic heterocycles. The summed E-state index contributed by atoms with van der Waals surface area (Å²) in [7, 11) is 0. The van der Waals surface area contributed by atoms with Crippen LogP contribution < -0.4 is 4.74 Å². The van der Waals surface area contributed by atoms with Crippen LogP contribution in [0, 0.1) is 17.7 Å². The van der Waals surface area contributed by atoms with Crippen molar-refractivity contribution in [2.75, 3.05) is 19.6 Å². The van der Waals surface area contributed by atoms with Crippen LogP contribution in [0.25, 0.3) is 0 Å². The summed E-state index contributed by atoms with van der Waals surface area (Å²) >= 11 is 0. The van der Waals surface area contributed by atoms with E-state index in [1.807, 2.05) is 18.2 Å². The van der Waals surface area contributed by atoms with Crippen LogP contribution in [0.4, 0.5) is 4.39 Å². The molecule has 1 heterocycles. The zero-order chi connectivity index (χ0) is 17.2. The molecule has 1 aliphatic heterocycles. The Labute approximate surface area is 148 Å². The van der Waals surface area contributed by atoms with Gasteiger partial charge in [0, 0.05) is 19.6 Å². The van der Waals surface area contributed by atoms with Gasteiger partial charge in [0.2, 0.25) is 0 Å². The lowest BCUT2D eigenvalue weighted by atomic mass is 10.0. The Morgan fingerprint density at radius 2 is 1.68 bits per heavy atom. The number of likely N-dealkylation sites (tertiary alicyclic amines) is 1. The number of aromatic hydroxyl groups is 1. The monoisotopic (exact) mass is 341 g/mol. The second-order valence-corrected chi connectivity index (χ2v) is 7.34. The van der Waals surface area contributed by atoms with E-state index in [4.69, 9.17) is 4.74 Å². The molecule has 0 spiro atoms. The first kappa shape index (κ1) is 16.4. The summed E-state index contributed by atoms with van der Waals surface area (Å²) < 4.78 is 19.6. The zero-order valence-corrected chi connectivity index (χ0v) is 14.3. The third-order valence-electron chi connectivity index (χ3n) is 5.57. The first-order valence-electron chi connectivity index (χ1n) is 9.09. The summed E-state index contributed by atoms with van der Waals surface area (Å²) in [4.78, 5) is 2.53. The molecule has 0 bridgehead atoms. The summed E-state index contributed by atoms with van der Waals surface area (Å²) in [6.07, 6.45) is 3.20. The van der Waals surface area contributed by atoms with Gasteiger partial charge in [-0.1, -0.05) is 24.3 Å². The molecule has 3 nitrogen and oxygen atoms in total. The number of para-hydroxylation sites is 1. The molecule has 4 rings (SSSR count). The fourth-order valence-corrected chi connectivity index (χ4v) is 4.29. The van der Waals surface area contributed by atoms with Crippen LogP contribution in [-0.2, 0) is 6.42 Å². The lowest BCUT2D eigenvalue weighted by Gasteiger charge is -2.20. The smallest absolute Gasteiger partial charge is 0.165 e. The number of phenolic OH excluding ortho intramolecular Hbond substituents is 1. The summed E-state index contributed by atoms with van der Waals surface area (Å²) in [5, 5.41) is 9.35. The van der Waals surface area contributed by atoms with Gasteiger partial charge in [-0.05, 0) is 60.9 Å². The van der Waals surface area contributed by atoms with Gasteiger partial charge in [0.15, 0.2) is 11.6 Å². The number of nitrogens with zero attached hydrogens (tertiary/aromatic N) is 1. The SMILES string of the molecule is Oc1ccc(CCN2CC3CC(Oc4ccccc4F)CC3C2)cc1. The maximum Gasteiger partial charge on any atom is 0.165 e. The number of fused-ring (bicyclic) bond motifs is 1. The van der Waals surface area contributed by atoms with Gasteiger partial charge in [0.1, 0.15) is 5.75 Å². The van der Waals surface area contributed by atoms with Gasteiger partial charge in [-0.3, -0.25) is 0 Å². The summed E-state index contributed by atoms with van der Waals surface area (Å²) in [5.74, 6) is 1.76. The Hall–Kier alpha value is -2.07. The maximum atomic E-state index is 13.7. The van der Waals surface area contributed by atoms with Gasteiger partial charge in [-0.2, -0.15) is 0 Å². The number of benzene rings is 2. The van der Waals surface area contributed by atoms with Crippen molar-refractivity contribution < 1.29 is 14.2 Å². The Bertz CT molecular complexity index is 704. The maximum absolute atomic E-state index is 13.7. The summed E-state index contributed by atoms with van der Waals surface area (Å²) in [6.45, 7) is 3.27. The van der Waals surface area contributed by atoms with Crippen LogP contribution in [0.5, 0.6) is 11.5 Å². The zero-order valence-electron chi connectivity index (χ0n) is 14.3. The number of phenols is 1. The molecule has 1 saturated carbocycles. The average molecular weight is 341 g/mol. The van der Waals surface area contributed by atoms with Gasteiger partial charge < -0.3 is 14.7 Å². The molecular formula is C21H24FNO2. The second-order valence-electron chi connectivity index (χ2n) is 7.34. The topological polar surface area (TPSA) is 32.7 Å². The number of hydrogen-bond acceptors (Lipinski definition) is 3. The highest BCUT2D eigenvalue weighted by Crippen LogP contribution is 2.40. The van der Waals surface area contributed by atoms with E-state index in [0.717, 1.165) is 38.9 Å². The standard InChI is InChI=1S/C21H24FNO2/c22-20-3-1-2-4-21(20)25-19-11-16-13-23(14-17(16)12-19)10-9-15-5-7-18(24)8-6-15/h1-8,16-17,19,24H,9-14H2. The minimum Gasteiger partial charge on any atom is -0.508 e.